The maximum atomic E-state index is 13.4. The van der Waals surface area contributed by atoms with Gasteiger partial charge in [-0.05, 0) is 99.1 Å². The summed E-state index contributed by atoms with van der Waals surface area (Å²) >= 11 is 11.3. The molecule has 0 spiro atoms. The third-order valence-electron chi connectivity index (χ3n) is 6.06. The number of carboxylic acids is 1. The molecule has 1 aromatic heterocycles. The number of nitrogens with zero attached hydrogens (tertiary/aromatic N) is 2. The highest BCUT2D eigenvalue weighted by atomic mass is 35.5. The summed E-state index contributed by atoms with van der Waals surface area (Å²) in [5, 5.41) is 12.2. The van der Waals surface area contributed by atoms with Crippen molar-refractivity contribution in [2.45, 2.75) is 27.7 Å². The lowest BCUT2D eigenvalue weighted by Gasteiger charge is -2.29. The number of aryl methyl sites for hydroxylation is 3. The summed E-state index contributed by atoms with van der Waals surface area (Å²) in [4.78, 5) is 39.0. The van der Waals surface area contributed by atoms with Crippen LogP contribution in [0.1, 0.15) is 38.4 Å². The van der Waals surface area contributed by atoms with Gasteiger partial charge in [-0.3, -0.25) is 19.8 Å². The van der Waals surface area contributed by atoms with E-state index in [2.05, 4.69) is 5.32 Å². The van der Waals surface area contributed by atoms with Crippen LogP contribution < -0.4 is 10.2 Å². The lowest BCUT2D eigenvalue weighted by molar-refractivity contribution is -0.122. The minimum atomic E-state index is -1.13. The smallest absolute Gasteiger partial charge is 0.337 e. The molecule has 1 aliphatic heterocycles. The van der Waals surface area contributed by atoms with Gasteiger partial charge in [0.25, 0.3) is 11.8 Å². The van der Waals surface area contributed by atoms with Gasteiger partial charge in [-0.2, -0.15) is 0 Å². The minimum absolute atomic E-state index is 0.0176. The van der Waals surface area contributed by atoms with Gasteiger partial charge in [0.15, 0.2) is 5.11 Å². The first-order valence-electron chi connectivity index (χ1n) is 10.7. The van der Waals surface area contributed by atoms with Crippen molar-refractivity contribution in [2.24, 2.45) is 0 Å². The molecule has 0 saturated carbocycles. The molecule has 1 fully saturated rings. The summed E-state index contributed by atoms with van der Waals surface area (Å²) in [6.45, 7) is 7.58. The average Bonchev–Trinajstić information content (AvgIpc) is 3.06. The van der Waals surface area contributed by atoms with E-state index in [4.69, 9.17) is 23.8 Å². The maximum absolute atomic E-state index is 13.4. The molecule has 0 bridgehead atoms. The number of amides is 2. The van der Waals surface area contributed by atoms with Gasteiger partial charge in [-0.25, -0.2) is 4.79 Å². The number of nitrogens with one attached hydrogen (secondary N) is 1. The number of carbonyl (C=O) groups excluding carboxylic acids is 2. The minimum Gasteiger partial charge on any atom is -0.478 e. The first-order chi connectivity index (χ1) is 16.5. The van der Waals surface area contributed by atoms with E-state index in [1.807, 2.05) is 50.5 Å². The quantitative estimate of drug-likeness (QED) is 0.298. The molecule has 9 heteroatoms. The monoisotopic (exact) mass is 507 g/mol. The number of thiocarbonyl (C=S) groups is 1. The number of aromatic carboxylic acids is 1. The third-order valence-corrected chi connectivity index (χ3v) is 6.67. The molecule has 0 radical (unpaired) electrons. The zero-order valence-corrected chi connectivity index (χ0v) is 21.0. The van der Waals surface area contributed by atoms with E-state index in [1.54, 1.807) is 12.1 Å². The zero-order valence-electron chi connectivity index (χ0n) is 19.5. The van der Waals surface area contributed by atoms with Crippen LogP contribution >= 0.6 is 23.8 Å². The standard InChI is InChI=1S/C26H22ClN3O4S/c1-13-5-6-18(9-14(13)2)30-24(32)21(23(31)28-26(30)35)11-17-10-15(3)29(16(17)4)19-7-8-22(27)20(12-19)25(33)34/h5-12H,1-4H3,(H,33,34)(H,28,31,35)/b21-11+. The fourth-order valence-corrected chi connectivity index (χ4v) is 4.54. The van der Waals surface area contributed by atoms with Crippen molar-refractivity contribution in [3.8, 4) is 5.69 Å². The summed E-state index contributed by atoms with van der Waals surface area (Å²) in [6, 6.07) is 12.1. The van der Waals surface area contributed by atoms with Crippen LogP contribution in [-0.4, -0.2) is 32.6 Å². The van der Waals surface area contributed by atoms with Crippen molar-refractivity contribution in [1.82, 2.24) is 9.88 Å². The largest absolute Gasteiger partial charge is 0.478 e. The Bertz CT molecular complexity index is 1470. The van der Waals surface area contributed by atoms with Gasteiger partial charge in [-0.1, -0.05) is 17.7 Å². The SMILES string of the molecule is Cc1ccc(N2C(=O)/C(=C/c3cc(C)n(-c4ccc(Cl)c(C(=O)O)c4)c3C)C(=O)NC2=S)cc1C. The average molecular weight is 508 g/mol. The summed E-state index contributed by atoms with van der Waals surface area (Å²) in [5.41, 5.74) is 5.32. The second-order valence-corrected chi connectivity index (χ2v) is 9.15. The maximum Gasteiger partial charge on any atom is 0.337 e. The summed E-state index contributed by atoms with van der Waals surface area (Å²) < 4.78 is 1.84. The van der Waals surface area contributed by atoms with E-state index in [9.17, 15) is 19.5 Å². The van der Waals surface area contributed by atoms with E-state index in [0.29, 0.717) is 16.9 Å². The summed E-state index contributed by atoms with van der Waals surface area (Å²) in [5.74, 6) is -2.23. The molecule has 2 N–H and O–H groups in total. The molecule has 2 aromatic carbocycles. The first kappa shape index (κ1) is 24.4. The van der Waals surface area contributed by atoms with Gasteiger partial charge in [0.1, 0.15) is 5.57 Å². The fourth-order valence-electron chi connectivity index (χ4n) is 4.06. The fraction of sp³-hybridized carbons (Fsp3) is 0.154. The van der Waals surface area contributed by atoms with Crippen LogP contribution in [0.15, 0.2) is 48.0 Å². The predicted octanol–water partition coefficient (Wildman–Crippen LogP) is 4.89. The molecule has 4 rings (SSSR count). The molecule has 3 aromatic rings. The van der Waals surface area contributed by atoms with Crippen LogP contribution in [0.3, 0.4) is 0 Å². The van der Waals surface area contributed by atoms with Crippen molar-refractivity contribution < 1.29 is 19.5 Å². The van der Waals surface area contributed by atoms with E-state index in [0.717, 1.165) is 22.5 Å². The van der Waals surface area contributed by atoms with Crippen molar-refractivity contribution in [1.29, 1.82) is 0 Å². The van der Waals surface area contributed by atoms with Gasteiger partial charge in [-0.15, -0.1) is 0 Å². The van der Waals surface area contributed by atoms with Crippen LogP contribution in [-0.2, 0) is 9.59 Å². The number of benzene rings is 2. The highest BCUT2D eigenvalue weighted by Gasteiger charge is 2.35. The second-order valence-electron chi connectivity index (χ2n) is 8.36. The first-order valence-corrected chi connectivity index (χ1v) is 11.5. The molecule has 0 aliphatic carbocycles. The predicted molar refractivity (Wildman–Crippen MR) is 139 cm³/mol. The number of anilines is 1. The highest BCUT2D eigenvalue weighted by molar-refractivity contribution is 7.80. The molecule has 7 nitrogen and oxygen atoms in total. The highest BCUT2D eigenvalue weighted by Crippen LogP contribution is 2.28. The van der Waals surface area contributed by atoms with E-state index in [1.165, 1.54) is 23.1 Å². The number of hydrogen-bond acceptors (Lipinski definition) is 4. The Kier molecular flexibility index (Phi) is 6.36. The Balaban J connectivity index is 1.78. The Labute approximate surface area is 212 Å². The van der Waals surface area contributed by atoms with E-state index < -0.39 is 17.8 Å². The van der Waals surface area contributed by atoms with Crippen LogP contribution in [0.4, 0.5) is 5.69 Å². The molecule has 1 saturated heterocycles. The number of halogens is 1. The topological polar surface area (TPSA) is 91.6 Å². The van der Waals surface area contributed by atoms with Crippen LogP contribution in [0.5, 0.6) is 0 Å². The Hall–Kier alpha value is -3.75. The van der Waals surface area contributed by atoms with Crippen molar-refractivity contribution in [3.63, 3.8) is 0 Å². The number of carbonyl (C=O) groups is 3. The molecule has 1 aliphatic rings. The van der Waals surface area contributed by atoms with Gasteiger partial charge in [0.05, 0.1) is 16.3 Å². The molecule has 0 atom stereocenters. The normalized spacial score (nSPS) is 15.1. The second kappa shape index (κ2) is 9.13. The number of rotatable bonds is 4. The van der Waals surface area contributed by atoms with Crippen molar-refractivity contribution >= 4 is 58.5 Å². The lowest BCUT2D eigenvalue weighted by atomic mass is 10.1. The Morgan fingerprint density at radius 3 is 2.34 bits per heavy atom. The molecular weight excluding hydrogens is 486 g/mol. The van der Waals surface area contributed by atoms with Crippen molar-refractivity contribution in [2.75, 3.05) is 4.90 Å². The molecule has 2 amide bonds. The third kappa shape index (κ3) is 4.38. The van der Waals surface area contributed by atoms with Gasteiger partial charge < -0.3 is 9.67 Å². The number of aromatic nitrogens is 1. The molecule has 2 heterocycles. The lowest BCUT2D eigenvalue weighted by Crippen LogP contribution is -2.54. The van der Waals surface area contributed by atoms with E-state index in [-0.39, 0.29) is 21.3 Å². The van der Waals surface area contributed by atoms with Gasteiger partial charge >= 0.3 is 5.97 Å². The van der Waals surface area contributed by atoms with E-state index >= 15 is 0 Å². The van der Waals surface area contributed by atoms with Crippen LogP contribution in [0, 0.1) is 27.7 Å². The summed E-state index contributed by atoms with van der Waals surface area (Å²) in [7, 11) is 0. The van der Waals surface area contributed by atoms with Crippen LogP contribution in [0.2, 0.25) is 5.02 Å². The molecule has 35 heavy (non-hydrogen) atoms. The molecular formula is C26H22ClN3O4S. The number of hydrogen-bond donors (Lipinski definition) is 2. The van der Waals surface area contributed by atoms with Crippen LogP contribution in [0.25, 0.3) is 11.8 Å². The molecule has 178 valence electrons. The zero-order chi connectivity index (χ0) is 25.6. The Morgan fingerprint density at radius 2 is 1.69 bits per heavy atom. The van der Waals surface area contributed by atoms with Crippen molar-refractivity contribution in [3.05, 3.63) is 86.7 Å². The Morgan fingerprint density at radius 1 is 1.00 bits per heavy atom. The summed E-state index contributed by atoms with van der Waals surface area (Å²) in [6.07, 6.45) is 1.53. The number of carboxylic acid groups (broad SMARTS) is 1. The molecule has 0 unspecified atom stereocenters. The van der Waals surface area contributed by atoms with Gasteiger partial charge in [0, 0.05) is 17.1 Å². The van der Waals surface area contributed by atoms with Gasteiger partial charge in [0.2, 0.25) is 0 Å².